The second-order valence-corrected chi connectivity index (χ2v) is 15.3. The summed E-state index contributed by atoms with van der Waals surface area (Å²) >= 11 is 6.32. The van der Waals surface area contributed by atoms with Gasteiger partial charge in [-0.05, 0) is 11.6 Å². The van der Waals surface area contributed by atoms with Crippen LogP contribution >= 0.6 is 26.8 Å². The molecule has 5 atom stereocenters. The summed E-state index contributed by atoms with van der Waals surface area (Å²) in [5, 5.41) is 18.0. The number of aliphatic hydroxyl groups excluding tert-OH is 1. The highest BCUT2D eigenvalue weighted by Gasteiger charge is 2.40. The summed E-state index contributed by atoms with van der Waals surface area (Å²) < 4.78 is 62.2. The van der Waals surface area contributed by atoms with Gasteiger partial charge in [0.05, 0.1) is 83.8 Å². The van der Waals surface area contributed by atoms with E-state index in [0.717, 1.165) is 0 Å². The van der Waals surface area contributed by atoms with Crippen molar-refractivity contribution in [2.24, 2.45) is 0 Å². The van der Waals surface area contributed by atoms with E-state index in [-0.39, 0.29) is 49.6 Å². The van der Waals surface area contributed by atoms with Gasteiger partial charge in [0.1, 0.15) is 24.6 Å². The van der Waals surface area contributed by atoms with Gasteiger partial charge in [-0.1, -0.05) is 5.92 Å². The molecule has 23 heteroatoms. The van der Waals surface area contributed by atoms with Crippen LogP contribution in [0.5, 0.6) is 0 Å². The van der Waals surface area contributed by atoms with E-state index in [1.165, 1.54) is 10.9 Å². The predicted octanol–water partition coefficient (Wildman–Crippen LogP) is -0.514. The van der Waals surface area contributed by atoms with Gasteiger partial charge in [-0.25, -0.2) is 4.68 Å². The molecule has 0 bridgehead atoms. The number of nitrogens with one attached hydrogen (secondary N) is 1. The molecule has 280 valence electrons. The van der Waals surface area contributed by atoms with Gasteiger partial charge in [-0.15, -0.1) is 6.42 Å². The number of terminal acetylenes is 1. The number of hydrogen-bond donors (Lipinski definition) is 5. The van der Waals surface area contributed by atoms with E-state index in [1.807, 2.05) is 0 Å². The van der Waals surface area contributed by atoms with Crippen LogP contribution in [0.15, 0.2) is 6.20 Å². The van der Waals surface area contributed by atoms with Crippen LogP contribution < -0.4 is 10.2 Å². The maximum Gasteiger partial charge on any atom is 0.340 e. The van der Waals surface area contributed by atoms with Crippen molar-refractivity contribution in [2.75, 3.05) is 96.6 Å². The first-order valence-electron chi connectivity index (χ1n) is 15.5. The van der Waals surface area contributed by atoms with Gasteiger partial charge in [-0.2, -0.15) is 15.1 Å². The molecule has 5 N–H and O–H groups in total. The molecular weight excluding hydrogens is 730 g/mol. The van der Waals surface area contributed by atoms with Crippen molar-refractivity contribution in [3.63, 3.8) is 0 Å². The Labute approximate surface area is 292 Å². The molecular formula is C27H41ClN6O14P2. The van der Waals surface area contributed by atoms with E-state index in [4.69, 9.17) is 60.8 Å². The van der Waals surface area contributed by atoms with Gasteiger partial charge in [0, 0.05) is 19.5 Å². The molecule has 2 aromatic rings. The number of carbonyl (C=O) groups is 1. The molecule has 0 radical (unpaired) electrons. The van der Waals surface area contributed by atoms with Gasteiger partial charge in [-0.3, -0.25) is 13.9 Å². The van der Waals surface area contributed by atoms with E-state index in [0.29, 0.717) is 64.0 Å². The topological polar surface area (TPSA) is 256 Å². The Kier molecular flexibility index (Phi) is 15.8. The number of amides is 1. The molecule has 2 saturated heterocycles. The zero-order chi connectivity index (χ0) is 36.1. The normalized spacial score (nSPS) is 22.4. The summed E-state index contributed by atoms with van der Waals surface area (Å²) in [6.07, 6.45) is 3.32. The zero-order valence-electron chi connectivity index (χ0n) is 27.0. The van der Waals surface area contributed by atoms with Crippen molar-refractivity contribution in [3.8, 4) is 12.3 Å². The minimum Gasteiger partial charge on any atom is -0.390 e. The number of carbonyl (C=O) groups excluding carboxylic acids is 1. The summed E-state index contributed by atoms with van der Waals surface area (Å²) in [6, 6.07) is -0.769. The lowest BCUT2D eigenvalue weighted by Gasteiger charge is -2.35. The number of aliphatic hydroxyl groups is 1. The van der Waals surface area contributed by atoms with Crippen LogP contribution in [0.4, 0.5) is 5.82 Å². The lowest BCUT2D eigenvalue weighted by Crippen LogP contribution is -2.54. The molecule has 0 aliphatic carbocycles. The third-order valence-corrected chi connectivity index (χ3v) is 10.9. The maximum absolute atomic E-state index is 13.2. The van der Waals surface area contributed by atoms with Crippen LogP contribution in [-0.2, 0) is 46.9 Å². The van der Waals surface area contributed by atoms with Crippen molar-refractivity contribution in [2.45, 2.75) is 30.9 Å². The minimum atomic E-state index is -4.83. The number of aromatic nitrogens is 4. The molecule has 2 aliphatic rings. The van der Waals surface area contributed by atoms with Crippen LogP contribution in [0.2, 0.25) is 5.28 Å². The Hall–Kier alpha value is -2.31. The summed E-state index contributed by atoms with van der Waals surface area (Å²) in [7, 11) is -9.49. The highest BCUT2D eigenvalue weighted by molar-refractivity contribution is 7.70. The van der Waals surface area contributed by atoms with Gasteiger partial charge >= 0.3 is 15.2 Å². The average molecular weight is 771 g/mol. The number of fused-ring (bicyclic) bond motifs is 1. The average Bonchev–Trinajstić information content (AvgIpc) is 3.65. The van der Waals surface area contributed by atoms with E-state index in [1.54, 1.807) is 4.90 Å². The number of anilines is 1. The lowest BCUT2D eigenvalue weighted by molar-refractivity contribution is -0.125. The van der Waals surface area contributed by atoms with Crippen molar-refractivity contribution in [3.05, 3.63) is 11.5 Å². The molecule has 2 aliphatic heterocycles. The maximum atomic E-state index is 13.2. The molecule has 2 aromatic heterocycles. The molecule has 4 heterocycles. The Morgan fingerprint density at radius 3 is 2.44 bits per heavy atom. The summed E-state index contributed by atoms with van der Waals surface area (Å²) in [5.41, 5.74) is 0.231. The first kappa shape index (κ1) is 40.5. The minimum absolute atomic E-state index is 0.0226. The monoisotopic (exact) mass is 770 g/mol. The summed E-state index contributed by atoms with van der Waals surface area (Å²) in [6.45, 7) is 3.15. The van der Waals surface area contributed by atoms with Crippen molar-refractivity contribution in [1.82, 2.24) is 25.1 Å². The summed E-state index contributed by atoms with van der Waals surface area (Å²) in [5.74, 6) is 0.996. The molecule has 2 fully saturated rings. The highest BCUT2D eigenvalue weighted by Crippen LogP contribution is 2.55. The van der Waals surface area contributed by atoms with Crippen molar-refractivity contribution >= 4 is 49.6 Å². The lowest BCUT2D eigenvalue weighted by atomic mass is 10.2. The van der Waals surface area contributed by atoms with E-state index in [2.05, 4.69) is 26.3 Å². The SMILES string of the molecule is C#CCOCCOCCOCCOCCNC(=O)C1COCCN1c1nc(Cl)nc2c1cnn2[C@H]1C[C@H](O)[C@@H](COP(=O)(O)CP(=O)(O)O)O1. The molecule has 0 saturated carbocycles. The quantitative estimate of drug-likeness (QED) is 0.0463. The van der Waals surface area contributed by atoms with Gasteiger partial charge in [0.15, 0.2) is 17.8 Å². The van der Waals surface area contributed by atoms with Crippen molar-refractivity contribution < 1.29 is 66.7 Å². The fraction of sp³-hybridized carbons (Fsp3) is 0.704. The fourth-order valence-corrected chi connectivity index (χ4v) is 7.75. The number of ether oxygens (including phenoxy) is 6. The van der Waals surface area contributed by atoms with Crippen molar-refractivity contribution in [1.29, 1.82) is 0 Å². The smallest absolute Gasteiger partial charge is 0.340 e. The predicted molar refractivity (Wildman–Crippen MR) is 175 cm³/mol. The third-order valence-electron chi connectivity index (χ3n) is 7.24. The van der Waals surface area contributed by atoms with Crippen LogP contribution in [0, 0.1) is 12.3 Å². The Morgan fingerprint density at radius 2 is 1.76 bits per heavy atom. The number of hydrogen-bond acceptors (Lipinski definition) is 15. The molecule has 20 nitrogen and oxygen atoms in total. The number of nitrogens with zero attached hydrogens (tertiary/aromatic N) is 5. The standard InChI is InChI=1S/C27H41ClN6O14P2/c1-2-5-42-8-10-44-12-13-45-11-9-43-6-3-29-26(36)20-16-46-7-4-33(20)24-19-15-30-34(25(19)32-27(28)31-24)23-14-21(35)22(48-23)17-47-50(40,41)18-49(37,38)39/h1,15,20-23,35H,3-14,16-18H2,(H,29,36)(H,40,41)(H2,37,38,39)/t20?,21-,22+,23+/m0/s1. The van der Waals surface area contributed by atoms with Crippen LogP contribution in [-0.4, -0.2) is 155 Å². The Morgan fingerprint density at radius 1 is 1.08 bits per heavy atom. The van der Waals surface area contributed by atoms with Crippen LogP contribution in [0.1, 0.15) is 12.6 Å². The van der Waals surface area contributed by atoms with Gasteiger partial charge in [0.25, 0.3) is 0 Å². The van der Waals surface area contributed by atoms with E-state index < -0.39 is 52.2 Å². The number of halogens is 1. The first-order valence-corrected chi connectivity index (χ1v) is 19.4. The molecule has 1 amide bonds. The van der Waals surface area contributed by atoms with Crippen LogP contribution in [0.3, 0.4) is 0 Å². The second-order valence-electron chi connectivity index (χ2n) is 11.0. The number of morpholine rings is 1. The second kappa shape index (κ2) is 19.5. The van der Waals surface area contributed by atoms with Crippen LogP contribution in [0.25, 0.3) is 11.0 Å². The molecule has 4 rings (SSSR count). The third kappa shape index (κ3) is 12.4. The van der Waals surface area contributed by atoms with Gasteiger partial charge in [0.2, 0.25) is 11.2 Å². The highest BCUT2D eigenvalue weighted by atomic mass is 35.5. The van der Waals surface area contributed by atoms with E-state index in [9.17, 15) is 23.9 Å². The largest absolute Gasteiger partial charge is 0.390 e. The number of rotatable bonds is 21. The van der Waals surface area contributed by atoms with E-state index >= 15 is 0 Å². The molecule has 50 heavy (non-hydrogen) atoms. The van der Waals surface area contributed by atoms with Gasteiger partial charge < -0.3 is 62.9 Å². The summed E-state index contributed by atoms with van der Waals surface area (Å²) in [4.78, 5) is 51.4. The first-order chi connectivity index (χ1) is 23.9. The Bertz CT molecular complexity index is 1540. The molecule has 0 aromatic carbocycles. The molecule has 0 spiro atoms. The zero-order valence-corrected chi connectivity index (χ0v) is 29.5. The fourth-order valence-electron chi connectivity index (χ4n) is 5.02. The molecule has 2 unspecified atom stereocenters. The Balaban J connectivity index is 1.28.